The number of rotatable bonds is 4. The highest BCUT2D eigenvalue weighted by atomic mass is 32.2. The van der Waals surface area contributed by atoms with Crippen LogP contribution in [0.1, 0.15) is 24.3 Å². The fourth-order valence-corrected chi connectivity index (χ4v) is 2.96. The molecule has 1 aliphatic rings. The van der Waals surface area contributed by atoms with E-state index in [0.717, 1.165) is 25.0 Å². The normalized spacial score (nSPS) is 15.3. The Balaban J connectivity index is 1.94. The van der Waals surface area contributed by atoms with Crippen molar-refractivity contribution in [2.75, 3.05) is 4.72 Å². The first kappa shape index (κ1) is 13.0. The van der Waals surface area contributed by atoms with Crippen LogP contribution in [-0.4, -0.2) is 13.6 Å². The highest BCUT2D eigenvalue weighted by Gasteiger charge is 2.31. The van der Waals surface area contributed by atoms with Gasteiger partial charge in [0.1, 0.15) is 22.8 Å². The van der Waals surface area contributed by atoms with Gasteiger partial charge in [-0.15, -0.1) is 0 Å². The lowest BCUT2D eigenvalue weighted by Gasteiger charge is -2.07. The average Bonchev–Trinajstić information content (AvgIpc) is 3.10. The summed E-state index contributed by atoms with van der Waals surface area (Å²) in [5.41, 5.74) is 0.649. The topological polar surface area (TPSA) is 72.2 Å². The molecule has 0 spiro atoms. The Morgan fingerprint density at radius 1 is 1.30 bits per heavy atom. The van der Waals surface area contributed by atoms with Gasteiger partial charge < -0.3 is 4.52 Å². The molecular formula is C12H10F2N2O3S. The number of hydrogen-bond acceptors (Lipinski definition) is 4. The van der Waals surface area contributed by atoms with Gasteiger partial charge in [-0.3, -0.25) is 4.72 Å². The van der Waals surface area contributed by atoms with Gasteiger partial charge in [0, 0.05) is 11.6 Å². The van der Waals surface area contributed by atoms with Crippen molar-refractivity contribution in [2.45, 2.75) is 23.7 Å². The van der Waals surface area contributed by atoms with Crippen molar-refractivity contribution in [3.05, 3.63) is 41.7 Å². The smallest absolute Gasteiger partial charge is 0.266 e. The SMILES string of the molecule is O=S(=O)(Nc1nocc1C1CC1)c1ccc(F)cc1F. The summed E-state index contributed by atoms with van der Waals surface area (Å²) in [6, 6.07) is 2.26. The van der Waals surface area contributed by atoms with Crippen molar-refractivity contribution in [3.8, 4) is 0 Å². The molecule has 1 heterocycles. The Hall–Kier alpha value is -1.96. The van der Waals surface area contributed by atoms with Gasteiger partial charge in [0.2, 0.25) is 0 Å². The molecule has 1 saturated carbocycles. The molecule has 20 heavy (non-hydrogen) atoms. The third-order valence-corrected chi connectivity index (χ3v) is 4.40. The van der Waals surface area contributed by atoms with Crippen LogP contribution in [0.3, 0.4) is 0 Å². The number of benzene rings is 1. The van der Waals surface area contributed by atoms with Crippen LogP contribution in [-0.2, 0) is 10.0 Å². The monoisotopic (exact) mass is 300 g/mol. The third-order valence-electron chi connectivity index (χ3n) is 3.03. The van der Waals surface area contributed by atoms with Crippen molar-refractivity contribution in [1.29, 1.82) is 0 Å². The van der Waals surface area contributed by atoms with E-state index in [1.807, 2.05) is 0 Å². The number of anilines is 1. The summed E-state index contributed by atoms with van der Waals surface area (Å²) in [5, 5.41) is 3.57. The quantitative estimate of drug-likeness (QED) is 0.942. The minimum absolute atomic E-state index is 0.0521. The van der Waals surface area contributed by atoms with Crippen LogP contribution >= 0.6 is 0 Å². The molecule has 0 amide bonds. The number of halogens is 2. The van der Waals surface area contributed by atoms with E-state index in [9.17, 15) is 17.2 Å². The molecule has 0 saturated heterocycles. The zero-order valence-electron chi connectivity index (χ0n) is 10.1. The van der Waals surface area contributed by atoms with Crippen molar-refractivity contribution >= 4 is 15.8 Å². The summed E-state index contributed by atoms with van der Waals surface area (Å²) in [4.78, 5) is -0.636. The highest BCUT2D eigenvalue weighted by molar-refractivity contribution is 7.92. The van der Waals surface area contributed by atoms with Crippen LogP contribution in [0.4, 0.5) is 14.6 Å². The molecule has 0 bridgehead atoms. The zero-order chi connectivity index (χ0) is 14.3. The molecule has 1 N–H and O–H groups in total. The molecule has 0 atom stereocenters. The van der Waals surface area contributed by atoms with Crippen molar-refractivity contribution < 1.29 is 21.7 Å². The number of sulfonamides is 1. The lowest BCUT2D eigenvalue weighted by Crippen LogP contribution is -2.15. The zero-order valence-corrected chi connectivity index (χ0v) is 11.0. The minimum Gasteiger partial charge on any atom is -0.362 e. The van der Waals surface area contributed by atoms with Crippen molar-refractivity contribution in [2.24, 2.45) is 0 Å². The molecular weight excluding hydrogens is 290 g/mol. The predicted molar refractivity (Wildman–Crippen MR) is 65.6 cm³/mol. The fourth-order valence-electron chi connectivity index (χ4n) is 1.88. The average molecular weight is 300 g/mol. The van der Waals surface area contributed by atoms with Crippen LogP contribution in [0.2, 0.25) is 0 Å². The summed E-state index contributed by atoms with van der Waals surface area (Å²) in [6.07, 6.45) is 3.23. The molecule has 5 nitrogen and oxygen atoms in total. The van der Waals surface area contributed by atoms with E-state index in [-0.39, 0.29) is 11.7 Å². The molecule has 2 aromatic rings. The Morgan fingerprint density at radius 2 is 2.05 bits per heavy atom. The molecule has 106 valence electrons. The van der Waals surface area contributed by atoms with Crippen LogP contribution in [0.5, 0.6) is 0 Å². The molecule has 1 fully saturated rings. The second-order valence-corrected chi connectivity index (χ2v) is 6.22. The number of nitrogens with zero attached hydrogens (tertiary/aromatic N) is 1. The molecule has 1 aliphatic carbocycles. The van der Waals surface area contributed by atoms with E-state index in [2.05, 4.69) is 9.88 Å². The summed E-state index contributed by atoms with van der Waals surface area (Å²) in [6.45, 7) is 0. The maximum Gasteiger partial charge on any atom is 0.266 e. The fraction of sp³-hybridized carbons (Fsp3) is 0.250. The van der Waals surface area contributed by atoms with E-state index in [0.29, 0.717) is 11.6 Å². The number of hydrogen-bond donors (Lipinski definition) is 1. The van der Waals surface area contributed by atoms with E-state index in [4.69, 9.17) is 4.52 Å². The lowest BCUT2D eigenvalue weighted by atomic mass is 10.2. The molecule has 0 aliphatic heterocycles. The van der Waals surface area contributed by atoms with E-state index in [1.165, 1.54) is 6.26 Å². The standard InChI is InChI=1S/C12H10F2N2O3S/c13-8-3-4-11(10(14)5-8)20(17,18)16-12-9(6-19-15-12)7-1-2-7/h3-7H,1-2H2,(H,15,16). The van der Waals surface area contributed by atoms with E-state index in [1.54, 1.807) is 0 Å². The van der Waals surface area contributed by atoms with Gasteiger partial charge in [-0.1, -0.05) is 5.16 Å². The van der Waals surface area contributed by atoms with Gasteiger partial charge in [0.15, 0.2) is 5.82 Å². The Labute approximate surface area is 113 Å². The third kappa shape index (κ3) is 2.38. The Kier molecular flexibility index (Phi) is 2.97. The predicted octanol–water partition coefficient (Wildman–Crippen LogP) is 2.63. The van der Waals surface area contributed by atoms with Gasteiger partial charge in [-0.2, -0.15) is 0 Å². The molecule has 1 aromatic carbocycles. The lowest BCUT2D eigenvalue weighted by molar-refractivity contribution is 0.422. The van der Waals surface area contributed by atoms with Crippen LogP contribution < -0.4 is 4.72 Å². The summed E-state index contributed by atoms with van der Waals surface area (Å²) >= 11 is 0. The maximum atomic E-state index is 13.5. The first-order valence-electron chi connectivity index (χ1n) is 5.89. The van der Waals surface area contributed by atoms with Crippen LogP contribution in [0.25, 0.3) is 0 Å². The maximum absolute atomic E-state index is 13.5. The van der Waals surface area contributed by atoms with Gasteiger partial charge >= 0.3 is 0 Å². The van der Waals surface area contributed by atoms with Gasteiger partial charge in [0.05, 0.1) is 0 Å². The van der Waals surface area contributed by atoms with Gasteiger partial charge in [-0.05, 0) is 30.9 Å². The molecule has 0 radical (unpaired) electrons. The Morgan fingerprint density at radius 3 is 2.70 bits per heavy atom. The highest BCUT2D eigenvalue weighted by Crippen LogP contribution is 2.43. The first-order valence-corrected chi connectivity index (χ1v) is 7.38. The molecule has 3 rings (SSSR count). The van der Waals surface area contributed by atoms with Crippen molar-refractivity contribution in [1.82, 2.24) is 5.16 Å². The first-order chi connectivity index (χ1) is 9.47. The van der Waals surface area contributed by atoms with Crippen molar-refractivity contribution in [3.63, 3.8) is 0 Å². The van der Waals surface area contributed by atoms with Gasteiger partial charge in [0.25, 0.3) is 10.0 Å². The Bertz CT molecular complexity index is 754. The van der Waals surface area contributed by atoms with Crippen LogP contribution in [0, 0.1) is 11.6 Å². The number of aromatic nitrogens is 1. The second-order valence-electron chi connectivity index (χ2n) is 4.57. The summed E-state index contributed by atoms with van der Waals surface area (Å²) < 4.78 is 57.4. The van der Waals surface area contributed by atoms with Gasteiger partial charge in [-0.25, -0.2) is 17.2 Å². The summed E-state index contributed by atoms with van der Waals surface area (Å²) in [5.74, 6) is -1.73. The minimum atomic E-state index is -4.17. The van der Waals surface area contributed by atoms with Crippen LogP contribution in [0.15, 0.2) is 33.9 Å². The molecule has 1 aromatic heterocycles. The summed E-state index contributed by atoms with van der Waals surface area (Å²) in [7, 11) is -4.17. The van der Waals surface area contributed by atoms with E-state index < -0.39 is 26.6 Å². The second kappa shape index (κ2) is 4.55. The number of nitrogens with one attached hydrogen (secondary N) is 1. The molecule has 0 unspecified atom stereocenters. The molecule has 8 heteroatoms. The largest absolute Gasteiger partial charge is 0.362 e. The van der Waals surface area contributed by atoms with E-state index >= 15 is 0 Å².